The van der Waals surface area contributed by atoms with Crippen molar-refractivity contribution in [3.63, 3.8) is 0 Å². The first-order valence-corrected chi connectivity index (χ1v) is 9.91. The van der Waals surface area contributed by atoms with E-state index >= 15 is 0 Å². The second-order valence-electron chi connectivity index (χ2n) is 7.78. The highest BCUT2D eigenvalue weighted by Gasteiger charge is 2.30. The van der Waals surface area contributed by atoms with Crippen LogP contribution in [0.1, 0.15) is 90.9 Å². The Balaban J connectivity index is 1.59. The van der Waals surface area contributed by atoms with Crippen LogP contribution in [0.4, 0.5) is 0 Å². The van der Waals surface area contributed by atoms with Crippen molar-refractivity contribution in [2.45, 2.75) is 90.9 Å². The Bertz CT molecular complexity index is 247. The van der Waals surface area contributed by atoms with Crippen molar-refractivity contribution in [3.8, 4) is 0 Å². The van der Waals surface area contributed by atoms with Gasteiger partial charge in [-0.3, -0.25) is 0 Å². The zero-order chi connectivity index (χ0) is 14.9. The summed E-state index contributed by atoms with van der Waals surface area (Å²) in [4.78, 5) is 0. The largest absolute Gasteiger partial charge is 0.381 e. The Labute approximate surface area is 133 Å². The normalized spacial score (nSPS) is 34.0. The second kappa shape index (κ2) is 9.87. The summed E-state index contributed by atoms with van der Waals surface area (Å²) < 4.78 is 5.84. The van der Waals surface area contributed by atoms with Gasteiger partial charge < -0.3 is 4.74 Å². The maximum absolute atomic E-state index is 5.84. The van der Waals surface area contributed by atoms with Crippen molar-refractivity contribution in [2.24, 2.45) is 23.7 Å². The van der Waals surface area contributed by atoms with Crippen LogP contribution in [0.5, 0.6) is 0 Å². The fourth-order valence-electron chi connectivity index (χ4n) is 4.68. The highest BCUT2D eigenvalue weighted by Crippen LogP contribution is 2.42. The van der Waals surface area contributed by atoms with E-state index in [4.69, 9.17) is 4.74 Å². The number of ether oxygens (including phenoxy) is 1. The van der Waals surface area contributed by atoms with Gasteiger partial charge in [-0.25, -0.2) is 0 Å². The van der Waals surface area contributed by atoms with Crippen LogP contribution in [0.15, 0.2) is 0 Å². The molecule has 21 heavy (non-hydrogen) atoms. The summed E-state index contributed by atoms with van der Waals surface area (Å²) in [6, 6.07) is 0. The minimum atomic E-state index is 0.870. The average Bonchev–Trinajstić information content (AvgIpc) is 2.53. The lowest BCUT2D eigenvalue weighted by Crippen LogP contribution is -2.27. The van der Waals surface area contributed by atoms with Crippen molar-refractivity contribution in [2.75, 3.05) is 13.2 Å². The summed E-state index contributed by atoms with van der Waals surface area (Å²) in [5, 5.41) is 0. The van der Waals surface area contributed by atoms with E-state index in [0.717, 1.165) is 36.9 Å². The quantitative estimate of drug-likeness (QED) is 0.483. The molecule has 0 aromatic heterocycles. The van der Waals surface area contributed by atoms with Crippen LogP contribution in [-0.2, 0) is 4.74 Å². The smallest absolute Gasteiger partial charge is 0.0494 e. The zero-order valence-electron chi connectivity index (χ0n) is 14.6. The summed E-state index contributed by atoms with van der Waals surface area (Å²) in [6.45, 7) is 6.60. The van der Waals surface area contributed by atoms with Crippen molar-refractivity contribution in [3.05, 3.63) is 0 Å². The molecule has 0 saturated heterocycles. The Morgan fingerprint density at radius 3 is 1.81 bits per heavy atom. The molecule has 0 bridgehead atoms. The van der Waals surface area contributed by atoms with E-state index in [2.05, 4.69) is 13.8 Å². The molecule has 0 atom stereocenters. The lowest BCUT2D eigenvalue weighted by molar-refractivity contribution is 0.0632. The molecular formula is C20H38O. The van der Waals surface area contributed by atoms with Crippen LogP contribution >= 0.6 is 0 Å². The molecule has 2 fully saturated rings. The monoisotopic (exact) mass is 294 g/mol. The predicted octanol–water partition coefficient (Wildman–Crippen LogP) is 6.22. The van der Waals surface area contributed by atoms with Crippen LogP contribution < -0.4 is 0 Å². The van der Waals surface area contributed by atoms with Crippen molar-refractivity contribution >= 4 is 0 Å². The highest BCUT2D eigenvalue weighted by molar-refractivity contribution is 4.82. The van der Waals surface area contributed by atoms with E-state index in [0.29, 0.717) is 0 Å². The van der Waals surface area contributed by atoms with Gasteiger partial charge in [-0.2, -0.15) is 0 Å². The van der Waals surface area contributed by atoms with Crippen LogP contribution in [0.3, 0.4) is 0 Å². The van der Waals surface area contributed by atoms with Crippen LogP contribution in [-0.4, -0.2) is 13.2 Å². The molecule has 2 saturated carbocycles. The van der Waals surface area contributed by atoms with E-state index in [1.54, 1.807) is 0 Å². The van der Waals surface area contributed by atoms with Gasteiger partial charge in [0.05, 0.1) is 0 Å². The predicted molar refractivity (Wildman–Crippen MR) is 91.5 cm³/mol. The first-order valence-electron chi connectivity index (χ1n) is 9.91. The van der Waals surface area contributed by atoms with E-state index in [-0.39, 0.29) is 0 Å². The SMILES string of the molecule is CCCCOCC1CCC(C2CCC(CCC)CC2)CC1. The van der Waals surface area contributed by atoms with Gasteiger partial charge in [0.15, 0.2) is 0 Å². The Morgan fingerprint density at radius 2 is 1.29 bits per heavy atom. The summed E-state index contributed by atoms with van der Waals surface area (Å²) in [5.74, 6) is 4.06. The third kappa shape index (κ3) is 5.93. The van der Waals surface area contributed by atoms with Gasteiger partial charge in [0.25, 0.3) is 0 Å². The van der Waals surface area contributed by atoms with E-state index in [1.165, 1.54) is 77.0 Å². The lowest BCUT2D eigenvalue weighted by atomic mass is 9.69. The van der Waals surface area contributed by atoms with Gasteiger partial charge in [-0.05, 0) is 68.6 Å². The fraction of sp³-hybridized carbons (Fsp3) is 1.00. The molecule has 2 rings (SSSR count). The van der Waals surface area contributed by atoms with Gasteiger partial charge >= 0.3 is 0 Å². The Morgan fingerprint density at radius 1 is 0.714 bits per heavy atom. The molecule has 0 spiro atoms. The standard InChI is InChI=1S/C20H38O/c1-3-5-15-21-16-18-9-13-20(14-10-18)19-11-7-17(6-4-2)8-12-19/h17-20H,3-16H2,1-2H3. The highest BCUT2D eigenvalue weighted by atomic mass is 16.5. The molecule has 0 amide bonds. The Hall–Kier alpha value is -0.0400. The van der Waals surface area contributed by atoms with Crippen molar-refractivity contribution in [1.82, 2.24) is 0 Å². The van der Waals surface area contributed by atoms with Crippen LogP contribution in [0, 0.1) is 23.7 Å². The molecule has 0 heterocycles. The second-order valence-corrected chi connectivity index (χ2v) is 7.78. The number of hydrogen-bond donors (Lipinski definition) is 0. The third-order valence-corrected chi connectivity index (χ3v) is 6.14. The molecule has 0 aromatic carbocycles. The summed E-state index contributed by atoms with van der Waals surface area (Å²) in [5.41, 5.74) is 0. The molecule has 124 valence electrons. The topological polar surface area (TPSA) is 9.23 Å². The van der Waals surface area contributed by atoms with Crippen molar-refractivity contribution < 1.29 is 4.74 Å². The van der Waals surface area contributed by atoms with Gasteiger partial charge in [-0.1, -0.05) is 46.0 Å². The number of rotatable bonds is 8. The van der Waals surface area contributed by atoms with Gasteiger partial charge in [0.2, 0.25) is 0 Å². The van der Waals surface area contributed by atoms with Gasteiger partial charge in [0.1, 0.15) is 0 Å². The average molecular weight is 295 g/mol. The molecule has 0 radical (unpaired) electrons. The third-order valence-electron chi connectivity index (χ3n) is 6.14. The molecule has 1 nitrogen and oxygen atoms in total. The van der Waals surface area contributed by atoms with E-state index in [9.17, 15) is 0 Å². The fourth-order valence-corrected chi connectivity index (χ4v) is 4.68. The first kappa shape index (κ1) is 17.3. The summed E-state index contributed by atoms with van der Waals surface area (Å²) in [7, 11) is 0. The van der Waals surface area contributed by atoms with Crippen LogP contribution in [0.25, 0.3) is 0 Å². The van der Waals surface area contributed by atoms with Crippen molar-refractivity contribution in [1.29, 1.82) is 0 Å². The molecule has 0 aliphatic heterocycles. The molecular weight excluding hydrogens is 256 g/mol. The minimum Gasteiger partial charge on any atom is -0.381 e. The molecule has 1 heteroatoms. The first-order chi connectivity index (χ1) is 10.3. The summed E-state index contributed by atoms with van der Waals surface area (Å²) >= 11 is 0. The maximum atomic E-state index is 5.84. The summed E-state index contributed by atoms with van der Waals surface area (Å²) in [6.07, 6.45) is 17.3. The molecule has 0 N–H and O–H groups in total. The minimum absolute atomic E-state index is 0.870. The van der Waals surface area contributed by atoms with E-state index < -0.39 is 0 Å². The lowest BCUT2D eigenvalue weighted by Gasteiger charge is -2.37. The van der Waals surface area contributed by atoms with E-state index in [1.807, 2.05) is 0 Å². The molecule has 0 aromatic rings. The number of hydrogen-bond acceptors (Lipinski definition) is 1. The number of unbranched alkanes of at least 4 members (excludes halogenated alkanes) is 1. The zero-order valence-corrected chi connectivity index (χ0v) is 14.6. The molecule has 2 aliphatic rings. The maximum Gasteiger partial charge on any atom is 0.0494 e. The van der Waals surface area contributed by atoms with Gasteiger partial charge in [0, 0.05) is 13.2 Å². The molecule has 2 aliphatic carbocycles. The van der Waals surface area contributed by atoms with Crippen LogP contribution in [0.2, 0.25) is 0 Å². The van der Waals surface area contributed by atoms with Gasteiger partial charge in [-0.15, -0.1) is 0 Å². The Kier molecular flexibility index (Phi) is 8.14. The molecule has 0 unspecified atom stereocenters.